The van der Waals surface area contributed by atoms with Gasteiger partial charge in [0, 0.05) is 37.8 Å². The summed E-state index contributed by atoms with van der Waals surface area (Å²) in [5.41, 5.74) is 7.82. The number of ether oxygens (including phenoxy) is 2. The fraction of sp³-hybridized carbons (Fsp3) is 0.368. The number of hydrogen-bond acceptors (Lipinski definition) is 8. The van der Waals surface area contributed by atoms with E-state index in [1.165, 1.54) is 6.26 Å². The molecule has 1 aromatic heterocycles. The fourth-order valence-electron chi connectivity index (χ4n) is 3.48. The number of rotatable bonds is 4. The van der Waals surface area contributed by atoms with E-state index in [1.54, 1.807) is 31.3 Å². The summed E-state index contributed by atoms with van der Waals surface area (Å²) in [5.74, 6) is 1.93. The van der Waals surface area contributed by atoms with Crippen LogP contribution in [0.4, 0.5) is 5.69 Å². The van der Waals surface area contributed by atoms with E-state index < -0.39 is 0 Å². The molecule has 0 radical (unpaired) electrons. The van der Waals surface area contributed by atoms with E-state index in [1.807, 2.05) is 12.1 Å². The van der Waals surface area contributed by atoms with E-state index in [0.717, 1.165) is 11.3 Å². The van der Waals surface area contributed by atoms with Crippen molar-refractivity contribution in [2.45, 2.75) is 6.29 Å². The van der Waals surface area contributed by atoms with Crippen molar-refractivity contribution in [3.05, 3.63) is 41.9 Å². The molecule has 0 spiro atoms. The molecule has 148 valence electrons. The van der Waals surface area contributed by atoms with Crippen molar-refractivity contribution < 1.29 is 18.7 Å². The highest BCUT2D eigenvalue weighted by Crippen LogP contribution is 2.35. The number of hydrogen-bond donors (Lipinski definition) is 2. The first-order chi connectivity index (χ1) is 13.6. The molecule has 4 rings (SSSR count). The molecule has 1 unspecified atom stereocenters. The van der Waals surface area contributed by atoms with Gasteiger partial charge in [0.15, 0.2) is 23.5 Å². The number of aliphatic imine (C=N–C) groups is 1. The van der Waals surface area contributed by atoms with Gasteiger partial charge in [0.25, 0.3) is 5.91 Å². The highest BCUT2D eigenvalue weighted by Gasteiger charge is 2.30. The summed E-state index contributed by atoms with van der Waals surface area (Å²) < 4.78 is 15.9. The van der Waals surface area contributed by atoms with Crippen LogP contribution in [0.2, 0.25) is 0 Å². The van der Waals surface area contributed by atoms with Gasteiger partial charge in [0.2, 0.25) is 0 Å². The highest BCUT2D eigenvalue weighted by molar-refractivity contribution is 6.04. The number of carbonyl (C=O) groups excluding carboxylic acids is 1. The van der Waals surface area contributed by atoms with E-state index in [9.17, 15) is 4.79 Å². The smallest absolute Gasteiger partial charge is 0.289 e. The molecule has 2 aliphatic rings. The number of furan rings is 1. The van der Waals surface area contributed by atoms with Crippen molar-refractivity contribution >= 4 is 17.4 Å². The van der Waals surface area contributed by atoms with Crippen LogP contribution in [0, 0.1) is 0 Å². The Kier molecular flexibility index (Phi) is 4.82. The summed E-state index contributed by atoms with van der Waals surface area (Å²) in [6.07, 6.45) is 1.21. The standard InChI is InChI=1S/C19H23N5O4/c1-26-15-10-12-13(11-16(15)27-2)21-19(22-17(12)20)24-7-5-23(6-8-24)18(25)14-4-3-9-28-14/h3-4,9-11,19,21H,5-8H2,1-2H3,(H2,20,22). The number of nitrogens with one attached hydrogen (secondary N) is 1. The summed E-state index contributed by atoms with van der Waals surface area (Å²) in [7, 11) is 3.18. The number of fused-ring (bicyclic) bond motifs is 1. The Morgan fingerprint density at radius 3 is 2.57 bits per heavy atom. The van der Waals surface area contributed by atoms with Crippen LogP contribution in [0.15, 0.2) is 39.9 Å². The first kappa shape index (κ1) is 18.2. The topological polar surface area (TPSA) is 106 Å². The molecule has 9 heteroatoms. The lowest BCUT2D eigenvalue weighted by atomic mass is 10.1. The van der Waals surface area contributed by atoms with Crippen molar-refractivity contribution in [3.63, 3.8) is 0 Å². The molecule has 3 N–H and O–H groups in total. The van der Waals surface area contributed by atoms with Gasteiger partial charge in [-0.3, -0.25) is 9.69 Å². The minimum Gasteiger partial charge on any atom is -0.493 e. The SMILES string of the molecule is COc1cc2c(cc1OC)C(N)=NC(N1CCN(C(=O)c3ccco3)CC1)N2. The number of anilines is 1. The van der Waals surface area contributed by atoms with Crippen molar-refractivity contribution in [1.82, 2.24) is 9.80 Å². The second-order valence-electron chi connectivity index (χ2n) is 6.59. The summed E-state index contributed by atoms with van der Waals surface area (Å²) in [6.45, 7) is 2.52. The number of piperazine rings is 1. The average molecular weight is 385 g/mol. The van der Waals surface area contributed by atoms with Crippen LogP contribution < -0.4 is 20.5 Å². The maximum absolute atomic E-state index is 12.4. The molecule has 0 bridgehead atoms. The number of amides is 1. The largest absolute Gasteiger partial charge is 0.493 e. The molecule has 1 amide bonds. The van der Waals surface area contributed by atoms with Crippen molar-refractivity contribution in [2.75, 3.05) is 45.7 Å². The van der Waals surface area contributed by atoms with Gasteiger partial charge in [-0.05, 0) is 18.2 Å². The first-order valence-corrected chi connectivity index (χ1v) is 9.03. The number of nitrogens with two attached hydrogens (primary N) is 1. The van der Waals surface area contributed by atoms with Crippen molar-refractivity contribution in [3.8, 4) is 11.5 Å². The zero-order valence-electron chi connectivity index (χ0n) is 15.8. The van der Waals surface area contributed by atoms with Gasteiger partial charge in [-0.25, -0.2) is 4.99 Å². The molecular formula is C19H23N5O4. The zero-order chi connectivity index (χ0) is 19.7. The molecule has 0 saturated carbocycles. The monoisotopic (exact) mass is 385 g/mol. The molecular weight excluding hydrogens is 362 g/mol. The predicted molar refractivity (Wildman–Crippen MR) is 104 cm³/mol. The second-order valence-corrected chi connectivity index (χ2v) is 6.59. The molecule has 1 atom stereocenters. The second kappa shape index (κ2) is 7.43. The molecule has 3 heterocycles. The molecule has 1 fully saturated rings. The maximum Gasteiger partial charge on any atom is 0.289 e. The van der Waals surface area contributed by atoms with Crippen LogP contribution in [0.25, 0.3) is 0 Å². The predicted octanol–water partition coefficient (Wildman–Crippen LogP) is 1.17. The van der Waals surface area contributed by atoms with Crippen LogP contribution in [0.1, 0.15) is 16.1 Å². The van der Waals surface area contributed by atoms with Gasteiger partial charge in [0.1, 0.15) is 5.84 Å². The summed E-state index contributed by atoms with van der Waals surface area (Å²) in [6, 6.07) is 7.07. The minimum atomic E-state index is -0.300. The molecule has 2 aliphatic heterocycles. The third-order valence-electron chi connectivity index (χ3n) is 5.02. The van der Waals surface area contributed by atoms with Crippen LogP contribution >= 0.6 is 0 Å². The van der Waals surface area contributed by atoms with Gasteiger partial charge in [-0.1, -0.05) is 0 Å². The Bertz CT molecular complexity index is 888. The third kappa shape index (κ3) is 3.24. The van der Waals surface area contributed by atoms with Gasteiger partial charge >= 0.3 is 0 Å². The van der Waals surface area contributed by atoms with Crippen LogP contribution in [-0.4, -0.2) is 68.2 Å². The third-order valence-corrected chi connectivity index (χ3v) is 5.02. The van der Waals surface area contributed by atoms with Crippen LogP contribution in [0.3, 0.4) is 0 Å². The van der Waals surface area contributed by atoms with Crippen molar-refractivity contribution in [1.29, 1.82) is 0 Å². The number of nitrogens with zero attached hydrogens (tertiary/aromatic N) is 3. The number of amidine groups is 1. The summed E-state index contributed by atoms with van der Waals surface area (Å²) in [5, 5.41) is 3.40. The lowest BCUT2D eigenvalue weighted by Crippen LogP contribution is -2.54. The van der Waals surface area contributed by atoms with E-state index in [-0.39, 0.29) is 12.2 Å². The summed E-state index contributed by atoms with van der Waals surface area (Å²) in [4.78, 5) is 20.9. The van der Waals surface area contributed by atoms with Crippen LogP contribution in [-0.2, 0) is 0 Å². The Balaban J connectivity index is 1.46. The van der Waals surface area contributed by atoms with Gasteiger partial charge in [-0.15, -0.1) is 0 Å². The van der Waals surface area contributed by atoms with E-state index in [2.05, 4.69) is 15.2 Å². The number of methoxy groups -OCH3 is 2. The van der Waals surface area contributed by atoms with Crippen LogP contribution in [0.5, 0.6) is 11.5 Å². The molecule has 2 aromatic rings. The molecule has 9 nitrogen and oxygen atoms in total. The molecule has 28 heavy (non-hydrogen) atoms. The number of carbonyl (C=O) groups is 1. The van der Waals surface area contributed by atoms with Crippen molar-refractivity contribution in [2.24, 2.45) is 10.7 Å². The Morgan fingerprint density at radius 2 is 1.93 bits per heavy atom. The Hall–Kier alpha value is -3.20. The minimum absolute atomic E-state index is 0.0913. The maximum atomic E-state index is 12.4. The van der Waals surface area contributed by atoms with E-state index >= 15 is 0 Å². The first-order valence-electron chi connectivity index (χ1n) is 9.03. The lowest BCUT2D eigenvalue weighted by Gasteiger charge is -2.39. The van der Waals surface area contributed by atoms with E-state index in [0.29, 0.717) is 49.3 Å². The highest BCUT2D eigenvalue weighted by atomic mass is 16.5. The van der Waals surface area contributed by atoms with E-state index in [4.69, 9.17) is 19.6 Å². The normalized spacial score (nSPS) is 19.4. The van der Waals surface area contributed by atoms with Gasteiger partial charge in [-0.2, -0.15) is 0 Å². The Morgan fingerprint density at radius 1 is 1.21 bits per heavy atom. The average Bonchev–Trinajstić information content (AvgIpc) is 3.27. The van der Waals surface area contributed by atoms with Gasteiger partial charge in [0.05, 0.1) is 26.2 Å². The van der Waals surface area contributed by atoms with Gasteiger partial charge < -0.3 is 29.8 Å². The lowest BCUT2D eigenvalue weighted by molar-refractivity contribution is 0.0565. The Labute approximate surface area is 162 Å². The molecule has 1 saturated heterocycles. The molecule has 0 aliphatic carbocycles. The quantitative estimate of drug-likeness (QED) is 0.814. The molecule has 1 aromatic carbocycles. The number of benzene rings is 1. The summed E-state index contributed by atoms with van der Waals surface area (Å²) >= 11 is 0. The fourth-order valence-corrected chi connectivity index (χ4v) is 3.48. The zero-order valence-corrected chi connectivity index (χ0v) is 15.8.